The van der Waals surface area contributed by atoms with E-state index < -0.39 is 16.0 Å². The van der Waals surface area contributed by atoms with E-state index in [9.17, 15) is 17.2 Å². The summed E-state index contributed by atoms with van der Waals surface area (Å²) >= 11 is 0. The number of rotatable bonds is 7. The second kappa shape index (κ2) is 10.0. The van der Waals surface area contributed by atoms with Crippen LogP contribution in [0.1, 0.15) is 24.0 Å². The minimum Gasteiger partial charge on any atom is -0.370 e. The molecule has 1 aliphatic heterocycles. The molecule has 34 heavy (non-hydrogen) atoms. The van der Waals surface area contributed by atoms with Crippen LogP contribution in [0.4, 0.5) is 20.3 Å². The van der Waals surface area contributed by atoms with E-state index in [1.165, 1.54) is 24.3 Å². The molecule has 0 spiro atoms. The summed E-state index contributed by atoms with van der Waals surface area (Å²) in [5.74, 6) is -1.06. The molecule has 0 saturated carbocycles. The lowest BCUT2D eigenvalue weighted by Crippen LogP contribution is -2.43. The Balaban J connectivity index is 1.40. The Morgan fingerprint density at radius 1 is 1.12 bits per heavy atom. The largest absolute Gasteiger partial charge is 0.370 e. The van der Waals surface area contributed by atoms with E-state index >= 15 is 0 Å². The predicted molar refractivity (Wildman–Crippen MR) is 127 cm³/mol. The number of aromatic nitrogens is 2. The van der Waals surface area contributed by atoms with Gasteiger partial charge in [0.25, 0.3) is 10.0 Å². The summed E-state index contributed by atoms with van der Waals surface area (Å²) in [6.07, 6.45) is 3.35. The van der Waals surface area contributed by atoms with Gasteiger partial charge in [-0.25, -0.2) is 14.4 Å². The molecule has 3 aromatic rings. The van der Waals surface area contributed by atoms with E-state index in [0.29, 0.717) is 12.1 Å². The van der Waals surface area contributed by atoms with Crippen molar-refractivity contribution in [2.45, 2.75) is 37.4 Å². The molecule has 7 nitrogen and oxygen atoms in total. The van der Waals surface area contributed by atoms with Crippen LogP contribution in [0, 0.1) is 18.7 Å². The molecular weight excluding hydrogens is 460 g/mol. The van der Waals surface area contributed by atoms with Gasteiger partial charge in [-0.15, -0.1) is 0 Å². The van der Waals surface area contributed by atoms with Gasteiger partial charge in [0.15, 0.2) is 5.03 Å². The zero-order valence-electron chi connectivity index (χ0n) is 19.1. The normalized spacial score (nSPS) is 15.3. The van der Waals surface area contributed by atoms with Crippen LogP contribution in [0.3, 0.4) is 0 Å². The summed E-state index contributed by atoms with van der Waals surface area (Å²) in [7, 11) is -2.03. The van der Waals surface area contributed by atoms with Crippen molar-refractivity contribution in [3.63, 3.8) is 0 Å². The number of sulfonamides is 1. The van der Waals surface area contributed by atoms with Crippen LogP contribution in [0.5, 0.6) is 0 Å². The van der Waals surface area contributed by atoms with Gasteiger partial charge in [0.05, 0.1) is 11.9 Å². The third-order valence-electron chi connectivity index (χ3n) is 6.12. The number of anilines is 2. The average Bonchev–Trinajstić information content (AvgIpc) is 2.80. The van der Waals surface area contributed by atoms with Crippen molar-refractivity contribution in [1.29, 1.82) is 0 Å². The first-order valence-corrected chi connectivity index (χ1v) is 12.5. The minimum atomic E-state index is -4.01. The van der Waals surface area contributed by atoms with Crippen molar-refractivity contribution in [1.82, 2.24) is 14.9 Å². The second-order valence-corrected chi connectivity index (χ2v) is 10.1. The molecule has 180 valence electrons. The lowest BCUT2D eigenvalue weighted by molar-refractivity contribution is 0.201. The fraction of sp³-hybridized carbons (Fsp3) is 0.333. The number of halogens is 2. The Hall–Kier alpha value is -3.11. The maximum absolute atomic E-state index is 14.0. The van der Waals surface area contributed by atoms with Crippen LogP contribution in [-0.4, -0.2) is 49.5 Å². The summed E-state index contributed by atoms with van der Waals surface area (Å²) in [6.45, 7) is 4.10. The zero-order valence-corrected chi connectivity index (χ0v) is 19.9. The topological polar surface area (TPSA) is 78.4 Å². The van der Waals surface area contributed by atoms with Crippen molar-refractivity contribution < 1.29 is 17.2 Å². The SMILES string of the molecule is Cc1cc(S(=O)(=O)Nc2cccc(F)n2)ncc1N(C)C1CCN(Cc2ccccc2F)CC1. The molecule has 0 unspecified atom stereocenters. The Morgan fingerprint density at radius 3 is 2.53 bits per heavy atom. The molecule has 1 aliphatic rings. The highest BCUT2D eigenvalue weighted by atomic mass is 32.2. The molecule has 3 heterocycles. The van der Waals surface area contributed by atoms with Crippen LogP contribution in [-0.2, 0) is 16.6 Å². The quantitative estimate of drug-likeness (QED) is 0.508. The van der Waals surface area contributed by atoms with Gasteiger partial charge in [0, 0.05) is 38.3 Å². The van der Waals surface area contributed by atoms with Crippen LogP contribution in [0.2, 0.25) is 0 Å². The van der Waals surface area contributed by atoms with Gasteiger partial charge in [-0.2, -0.15) is 12.8 Å². The third kappa shape index (κ3) is 5.51. The van der Waals surface area contributed by atoms with E-state index in [1.54, 1.807) is 12.3 Å². The lowest BCUT2D eigenvalue weighted by Gasteiger charge is -2.38. The zero-order chi connectivity index (χ0) is 24.3. The van der Waals surface area contributed by atoms with Gasteiger partial charge < -0.3 is 4.90 Å². The molecule has 0 bridgehead atoms. The van der Waals surface area contributed by atoms with Gasteiger partial charge in [-0.05, 0) is 49.6 Å². The molecule has 1 fully saturated rings. The van der Waals surface area contributed by atoms with Gasteiger partial charge in [-0.3, -0.25) is 9.62 Å². The summed E-state index contributed by atoms with van der Waals surface area (Å²) in [5, 5.41) is -0.159. The van der Waals surface area contributed by atoms with Crippen LogP contribution in [0.25, 0.3) is 0 Å². The highest BCUT2D eigenvalue weighted by Crippen LogP contribution is 2.27. The molecule has 1 aromatic carbocycles. The second-order valence-electron chi connectivity index (χ2n) is 8.47. The fourth-order valence-electron chi connectivity index (χ4n) is 4.22. The number of pyridine rings is 2. The molecular formula is C24H27F2N5O2S. The summed E-state index contributed by atoms with van der Waals surface area (Å²) in [6, 6.07) is 12.5. The van der Waals surface area contributed by atoms with Gasteiger partial charge in [0.1, 0.15) is 11.6 Å². The van der Waals surface area contributed by atoms with Gasteiger partial charge >= 0.3 is 0 Å². The molecule has 4 rings (SSSR count). The fourth-order valence-corrected chi connectivity index (χ4v) is 5.24. The highest BCUT2D eigenvalue weighted by Gasteiger charge is 2.25. The van der Waals surface area contributed by atoms with E-state index in [0.717, 1.165) is 43.2 Å². The van der Waals surface area contributed by atoms with Crippen molar-refractivity contribution in [3.8, 4) is 0 Å². The van der Waals surface area contributed by atoms with E-state index in [2.05, 4.69) is 24.5 Å². The summed E-state index contributed by atoms with van der Waals surface area (Å²) in [5.41, 5.74) is 2.31. The number of likely N-dealkylation sites (tertiary alicyclic amines) is 1. The Bertz CT molecular complexity index is 1260. The third-order valence-corrected chi connectivity index (χ3v) is 7.38. The molecule has 0 aliphatic carbocycles. The number of hydrogen-bond donors (Lipinski definition) is 1. The first-order valence-electron chi connectivity index (χ1n) is 11.0. The van der Waals surface area contributed by atoms with Gasteiger partial charge in [0.2, 0.25) is 5.95 Å². The Kier molecular flexibility index (Phi) is 7.08. The predicted octanol–water partition coefficient (Wildman–Crippen LogP) is 3.96. The first-order chi connectivity index (χ1) is 16.2. The van der Waals surface area contributed by atoms with Gasteiger partial charge in [-0.1, -0.05) is 24.3 Å². The molecule has 0 radical (unpaired) electrons. The van der Waals surface area contributed by atoms with Crippen LogP contribution in [0.15, 0.2) is 59.8 Å². The lowest BCUT2D eigenvalue weighted by atomic mass is 10.0. The molecule has 0 atom stereocenters. The number of hydrogen-bond acceptors (Lipinski definition) is 6. The van der Waals surface area contributed by atoms with Crippen molar-refractivity contribution in [2.24, 2.45) is 0 Å². The molecule has 1 N–H and O–H groups in total. The number of nitrogens with zero attached hydrogens (tertiary/aromatic N) is 4. The maximum Gasteiger partial charge on any atom is 0.280 e. The summed E-state index contributed by atoms with van der Waals surface area (Å²) in [4.78, 5) is 12.1. The molecule has 1 saturated heterocycles. The molecule has 2 aromatic heterocycles. The van der Waals surface area contributed by atoms with Crippen LogP contribution < -0.4 is 9.62 Å². The first kappa shape index (κ1) is 24.0. The average molecular weight is 488 g/mol. The van der Waals surface area contributed by atoms with Crippen molar-refractivity contribution >= 4 is 21.5 Å². The Labute approximate surface area is 198 Å². The number of nitrogens with one attached hydrogen (secondary N) is 1. The maximum atomic E-state index is 14.0. The monoisotopic (exact) mass is 487 g/mol. The van der Waals surface area contributed by atoms with E-state index in [-0.39, 0.29) is 22.7 Å². The highest BCUT2D eigenvalue weighted by molar-refractivity contribution is 7.92. The number of aryl methyl sites for hydroxylation is 1. The minimum absolute atomic E-state index is 0.109. The molecule has 0 amide bonds. The number of benzene rings is 1. The number of piperidine rings is 1. The summed E-state index contributed by atoms with van der Waals surface area (Å²) < 4.78 is 54.9. The molecule has 10 heteroatoms. The smallest absolute Gasteiger partial charge is 0.280 e. The van der Waals surface area contributed by atoms with Crippen molar-refractivity contribution in [3.05, 3.63) is 77.6 Å². The Morgan fingerprint density at radius 2 is 1.85 bits per heavy atom. The van der Waals surface area contributed by atoms with Crippen molar-refractivity contribution in [2.75, 3.05) is 29.8 Å². The van der Waals surface area contributed by atoms with E-state index in [1.807, 2.05) is 26.1 Å². The standard InChI is InChI=1S/C24H27F2N5O2S/c1-17-14-24(34(32,33)29-23-9-5-8-22(26)28-23)27-15-21(17)30(2)19-10-12-31(13-11-19)16-18-6-3-4-7-20(18)25/h3-9,14-15,19H,10-13,16H2,1-2H3,(H,28,29). The van der Waals surface area contributed by atoms with Crippen LogP contribution >= 0.6 is 0 Å². The van der Waals surface area contributed by atoms with E-state index in [4.69, 9.17) is 0 Å².